The molecule has 15 heavy (non-hydrogen) atoms. The van der Waals surface area contributed by atoms with E-state index in [9.17, 15) is 18.0 Å². The Morgan fingerprint density at radius 3 is 2.67 bits per heavy atom. The van der Waals surface area contributed by atoms with Gasteiger partial charge in [-0.2, -0.15) is 8.42 Å². The van der Waals surface area contributed by atoms with Crippen molar-refractivity contribution < 1.29 is 22.6 Å². The van der Waals surface area contributed by atoms with Crippen molar-refractivity contribution >= 4 is 22.2 Å². The molecule has 1 aliphatic carbocycles. The highest BCUT2D eigenvalue weighted by Crippen LogP contribution is 2.24. The summed E-state index contributed by atoms with van der Waals surface area (Å²) >= 11 is 0. The summed E-state index contributed by atoms with van der Waals surface area (Å²) in [6.45, 7) is 0. The molecule has 0 fully saturated rings. The third-order valence-electron chi connectivity index (χ3n) is 1.97. The molecule has 82 valence electrons. The molecule has 0 saturated heterocycles. The molecule has 6 heteroatoms. The number of hydrogen-bond acceptors (Lipinski definition) is 4. The minimum absolute atomic E-state index is 0.104. The molecule has 0 aromatic rings. The molecule has 0 saturated carbocycles. The lowest BCUT2D eigenvalue weighted by Gasteiger charge is -2.11. The van der Waals surface area contributed by atoms with Gasteiger partial charge in [-0.15, -0.1) is 0 Å². The maximum absolute atomic E-state index is 11.0. The molecule has 0 heterocycles. The number of rotatable bonds is 4. The Morgan fingerprint density at radius 1 is 1.47 bits per heavy atom. The number of aldehydes is 1. The summed E-state index contributed by atoms with van der Waals surface area (Å²) in [6.07, 6.45) is 3.45. The molecule has 0 aliphatic heterocycles. The van der Waals surface area contributed by atoms with Crippen molar-refractivity contribution in [1.82, 2.24) is 0 Å². The zero-order valence-electron chi connectivity index (χ0n) is 7.84. The van der Waals surface area contributed by atoms with E-state index in [1.165, 1.54) is 6.08 Å². The second-order valence-electron chi connectivity index (χ2n) is 3.09. The minimum atomic E-state index is -4.38. The van der Waals surface area contributed by atoms with E-state index >= 15 is 0 Å². The smallest absolute Gasteiger partial charge is 0.294 e. The molecular formula is C9H10O5S. The first-order valence-corrected chi connectivity index (χ1v) is 5.74. The topological polar surface area (TPSA) is 88.5 Å². The van der Waals surface area contributed by atoms with Crippen molar-refractivity contribution in [2.75, 3.05) is 0 Å². The average molecular weight is 230 g/mol. The molecule has 0 aromatic heterocycles. The second kappa shape index (κ2) is 4.50. The van der Waals surface area contributed by atoms with Crippen LogP contribution in [0.3, 0.4) is 0 Å². The Hall–Kier alpha value is -1.27. The number of allylic oxidation sites excluding steroid dienone is 3. The Kier molecular flexibility index (Phi) is 3.54. The molecule has 1 aliphatic rings. The molecule has 0 unspecified atom stereocenters. The highest BCUT2D eigenvalue weighted by molar-refractivity contribution is 7.90. The van der Waals surface area contributed by atoms with Crippen LogP contribution in [0.4, 0.5) is 0 Å². The molecule has 0 spiro atoms. The summed E-state index contributed by atoms with van der Waals surface area (Å²) in [7, 11) is -4.38. The third-order valence-corrected chi connectivity index (χ3v) is 2.90. The zero-order chi connectivity index (χ0) is 11.5. The Morgan fingerprint density at radius 2 is 2.13 bits per heavy atom. The van der Waals surface area contributed by atoms with Gasteiger partial charge in [0, 0.05) is 18.9 Å². The van der Waals surface area contributed by atoms with Crippen LogP contribution in [0.25, 0.3) is 0 Å². The molecule has 5 nitrogen and oxygen atoms in total. The van der Waals surface area contributed by atoms with E-state index < -0.39 is 10.1 Å². The first kappa shape index (κ1) is 11.8. The highest BCUT2D eigenvalue weighted by atomic mass is 32.2. The quantitative estimate of drug-likeness (QED) is 0.565. The predicted molar refractivity (Wildman–Crippen MR) is 52.6 cm³/mol. The van der Waals surface area contributed by atoms with Gasteiger partial charge in [-0.05, 0) is 12.0 Å². The molecule has 1 N–H and O–H groups in total. The van der Waals surface area contributed by atoms with Crippen LogP contribution in [0, 0.1) is 0 Å². The van der Waals surface area contributed by atoms with Crippen molar-refractivity contribution in [3.63, 3.8) is 0 Å². The van der Waals surface area contributed by atoms with Gasteiger partial charge in [0.25, 0.3) is 10.1 Å². The SMILES string of the molecule is O=CCCC1=CCC(=O)C=C1S(=O)(=O)O. The van der Waals surface area contributed by atoms with Gasteiger partial charge < -0.3 is 4.79 Å². The van der Waals surface area contributed by atoms with Crippen LogP contribution in [0.5, 0.6) is 0 Å². The van der Waals surface area contributed by atoms with Gasteiger partial charge in [0.2, 0.25) is 0 Å². The Balaban J connectivity index is 3.01. The summed E-state index contributed by atoms with van der Waals surface area (Å²) in [4.78, 5) is 20.7. The van der Waals surface area contributed by atoms with Crippen LogP contribution < -0.4 is 0 Å². The average Bonchev–Trinajstić information content (AvgIpc) is 2.14. The lowest BCUT2D eigenvalue weighted by Crippen LogP contribution is -2.11. The molecule has 0 atom stereocenters. The number of hydrogen-bond donors (Lipinski definition) is 1. The fourth-order valence-electron chi connectivity index (χ4n) is 1.30. The van der Waals surface area contributed by atoms with Crippen LogP contribution in [-0.2, 0) is 19.7 Å². The van der Waals surface area contributed by atoms with Gasteiger partial charge in [-0.25, -0.2) is 0 Å². The monoisotopic (exact) mass is 230 g/mol. The Labute approximate surface area is 87.2 Å². The third kappa shape index (κ3) is 3.10. The summed E-state index contributed by atoms with van der Waals surface area (Å²) in [5.74, 6) is -0.377. The molecular weight excluding hydrogens is 220 g/mol. The van der Waals surface area contributed by atoms with Crippen LogP contribution >= 0.6 is 0 Å². The largest absolute Gasteiger partial charge is 0.303 e. The standard InChI is InChI=1S/C9H10O5S/c10-5-1-2-7-3-4-8(11)6-9(7)15(12,13)14/h3,5-6H,1-2,4H2,(H,12,13,14). The van der Waals surface area contributed by atoms with Crippen LogP contribution in [0.1, 0.15) is 19.3 Å². The summed E-state index contributed by atoms with van der Waals surface area (Å²) in [5.41, 5.74) is 0.323. The van der Waals surface area contributed by atoms with Gasteiger partial charge in [0.1, 0.15) is 11.2 Å². The van der Waals surface area contributed by atoms with E-state index in [0.717, 1.165) is 6.08 Å². The number of ketones is 1. The first-order chi connectivity index (χ1) is 6.95. The second-order valence-corrected chi connectivity index (χ2v) is 4.48. The van der Waals surface area contributed by atoms with Gasteiger partial charge in [0.05, 0.1) is 0 Å². The van der Waals surface area contributed by atoms with Crippen LogP contribution in [0.2, 0.25) is 0 Å². The number of carbonyl (C=O) groups is 2. The normalized spacial score (nSPS) is 17.0. The lowest BCUT2D eigenvalue weighted by atomic mass is 10.0. The molecule has 0 aromatic carbocycles. The first-order valence-electron chi connectivity index (χ1n) is 4.30. The summed E-state index contributed by atoms with van der Waals surface area (Å²) in [6, 6.07) is 0. The van der Waals surface area contributed by atoms with E-state index in [-0.39, 0.29) is 30.0 Å². The van der Waals surface area contributed by atoms with Gasteiger partial charge in [-0.3, -0.25) is 9.35 Å². The van der Waals surface area contributed by atoms with E-state index in [1.807, 2.05) is 0 Å². The van der Waals surface area contributed by atoms with Crippen molar-refractivity contribution in [1.29, 1.82) is 0 Å². The molecule has 1 rings (SSSR count). The van der Waals surface area contributed by atoms with Gasteiger partial charge in [0.15, 0.2) is 5.78 Å². The molecule has 0 amide bonds. The zero-order valence-corrected chi connectivity index (χ0v) is 8.66. The van der Waals surface area contributed by atoms with Crippen LogP contribution in [0.15, 0.2) is 22.6 Å². The fourth-order valence-corrected chi connectivity index (χ4v) is 2.10. The van der Waals surface area contributed by atoms with Crippen molar-refractivity contribution in [3.8, 4) is 0 Å². The lowest BCUT2D eigenvalue weighted by molar-refractivity contribution is -0.114. The summed E-state index contributed by atoms with van der Waals surface area (Å²) in [5, 5.41) is 0. The summed E-state index contributed by atoms with van der Waals surface area (Å²) < 4.78 is 30.7. The van der Waals surface area contributed by atoms with E-state index in [0.29, 0.717) is 11.9 Å². The maximum atomic E-state index is 11.0. The van der Waals surface area contributed by atoms with Gasteiger partial charge >= 0.3 is 0 Å². The van der Waals surface area contributed by atoms with Crippen molar-refractivity contribution in [2.24, 2.45) is 0 Å². The maximum Gasteiger partial charge on any atom is 0.294 e. The van der Waals surface area contributed by atoms with E-state index in [2.05, 4.69) is 0 Å². The van der Waals surface area contributed by atoms with E-state index in [4.69, 9.17) is 4.55 Å². The van der Waals surface area contributed by atoms with Crippen molar-refractivity contribution in [3.05, 3.63) is 22.6 Å². The highest BCUT2D eigenvalue weighted by Gasteiger charge is 2.22. The van der Waals surface area contributed by atoms with Gasteiger partial charge in [-0.1, -0.05) is 6.08 Å². The van der Waals surface area contributed by atoms with Crippen molar-refractivity contribution in [2.45, 2.75) is 19.3 Å². The number of carbonyl (C=O) groups excluding carboxylic acids is 2. The predicted octanol–water partition coefficient (Wildman–Crippen LogP) is 0.636. The Bertz CT molecular complexity index is 441. The fraction of sp³-hybridized carbons (Fsp3) is 0.333. The van der Waals surface area contributed by atoms with E-state index in [1.54, 1.807) is 0 Å². The molecule has 0 bridgehead atoms. The minimum Gasteiger partial charge on any atom is -0.303 e. The molecule has 0 radical (unpaired) electrons. The van der Waals surface area contributed by atoms with Crippen LogP contribution in [-0.4, -0.2) is 25.0 Å².